The zero-order valence-electron chi connectivity index (χ0n) is 10.5. The molecule has 1 aliphatic heterocycles. The van der Waals surface area contributed by atoms with Gasteiger partial charge in [-0.05, 0) is 38.6 Å². The van der Waals surface area contributed by atoms with E-state index in [2.05, 4.69) is 10.2 Å². The summed E-state index contributed by atoms with van der Waals surface area (Å²) < 4.78 is 27.0. The highest BCUT2D eigenvalue weighted by molar-refractivity contribution is 5.85. The fourth-order valence-electron chi connectivity index (χ4n) is 2.34. The molecular weight excluding hydrogens is 258 g/mol. The molecule has 1 heterocycles. The van der Waals surface area contributed by atoms with E-state index in [9.17, 15) is 8.78 Å². The Morgan fingerprint density at radius 1 is 1.33 bits per heavy atom. The molecule has 5 heteroatoms. The highest BCUT2D eigenvalue weighted by atomic mass is 35.5. The van der Waals surface area contributed by atoms with Crippen molar-refractivity contribution < 1.29 is 8.78 Å². The minimum absolute atomic E-state index is 0. The van der Waals surface area contributed by atoms with E-state index in [1.54, 1.807) is 0 Å². The van der Waals surface area contributed by atoms with E-state index in [0.717, 1.165) is 25.9 Å². The molecule has 1 saturated heterocycles. The Bertz CT molecular complexity index is 367. The van der Waals surface area contributed by atoms with Gasteiger partial charge in [0.15, 0.2) is 0 Å². The van der Waals surface area contributed by atoms with Crippen molar-refractivity contribution in [3.8, 4) is 0 Å². The maximum atomic E-state index is 13.5. The van der Waals surface area contributed by atoms with Crippen LogP contribution in [0, 0.1) is 11.6 Å². The summed E-state index contributed by atoms with van der Waals surface area (Å²) in [5, 5.41) is 3.22. The first-order chi connectivity index (χ1) is 8.20. The average Bonchev–Trinajstić information content (AvgIpc) is 2.34. The predicted octanol–water partition coefficient (Wildman–Crippen LogP) is 2.57. The summed E-state index contributed by atoms with van der Waals surface area (Å²) in [6.45, 7) is 2.12. The van der Waals surface area contributed by atoms with Gasteiger partial charge in [0.1, 0.15) is 11.6 Å². The molecule has 0 spiro atoms. The molecule has 2 rings (SSSR count). The number of benzene rings is 1. The number of nitrogens with zero attached hydrogens (tertiary/aromatic N) is 1. The van der Waals surface area contributed by atoms with Crippen molar-refractivity contribution in [2.45, 2.75) is 25.4 Å². The number of hydrogen-bond acceptors (Lipinski definition) is 2. The highest BCUT2D eigenvalue weighted by Crippen LogP contribution is 2.18. The molecule has 1 atom stereocenters. The summed E-state index contributed by atoms with van der Waals surface area (Å²) >= 11 is 0. The van der Waals surface area contributed by atoms with Crippen molar-refractivity contribution >= 4 is 12.4 Å². The number of hydrogen-bond donors (Lipinski definition) is 1. The smallest absolute Gasteiger partial charge is 0.130 e. The molecule has 1 N–H and O–H groups in total. The van der Waals surface area contributed by atoms with Gasteiger partial charge in [0.2, 0.25) is 0 Å². The maximum absolute atomic E-state index is 13.5. The molecule has 0 amide bonds. The molecule has 102 valence electrons. The molecule has 2 nitrogen and oxygen atoms in total. The van der Waals surface area contributed by atoms with E-state index < -0.39 is 11.6 Å². The minimum Gasteiger partial charge on any atom is -0.316 e. The Hall–Kier alpha value is -0.710. The first kappa shape index (κ1) is 15.3. The van der Waals surface area contributed by atoms with Crippen LogP contribution >= 0.6 is 12.4 Å². The van der Waals surface area contributed by atoms with Crippen LogP contribution in [0.1, 0.15) is 18.4 Å². The molecule has 0 bridgehead atoms. The number of piperidine rings is 1. The van der Waals surface area contributed by atoms with E-state index in [0.29, 0.717) is 12.6 Å². The predicted molar refractivity (Wildman–Crippen MR) is 71.0 cm³/mol. The fraction of sp³-hybridized carbons (Fsp3) is 0.538. The van der Waals surface area contributed by atoms with Crippen molar-refractivity contribution in [3.63, 3.8) is 0 Å². The summed E-state index contributed by atoms with van der Waals surface area (Å²) in [5.74, 6) is -0.895. The molecule has 1 aromatic rings. The summed E-state index contributed by atoms with van der Waals surface area (Å²) in [4.78, 5) is 2.10. The lowest BCUT2D eigenvalue weighted by atomic mass is 10.0. The summed E-state index contributed by atoms with van der Waals surface area (Å²) in [6, 6.07) is 4.47. The largest absolute Gasteiger partial charge is 0.316 e. The normalized spacial score (nSPS) is 20.5. The van der Waals surface area contributed by atoms with Crippen molar-refractivity contribution in [3.05, 3.63) is 35.4 Å². The Morgan fingerprint density at radius 2 is 2.00 bits per heavy atom. The fourth-order valence-corrected chi connectivity index (χ4v) is 2.34. The number of likely N-dealkylation sites (tertiary alicyclic amines) is 1. The lowest BCUT2D eigenvalue weighted by Gasteiger charge is -2.32. The van der Waals surface area contributed by atoms with Crippen molar-refractivity contribution in [2.75, 3.05) is 20.1 Å². The van der Waals surface area contributed by atoms with Crippen LogP contribution in [-0.2, 0) is 6.54 Å². The number of nitrogens with one attached hydrogen (secondary N) is 1. The van der Waals surface area contributed by atoms with Gasteiger partial charge in [0.25, 0.3) is 0 Å². The first-order valence-corrected chi connectivity index (χ1v) is 6.03. The van der Waals surface area contributed by atoms with E-state index in [4.69, 9.17) is 0 Å². The SMILES string of the molecule is CNC1CCCN(Cc2c(F)cccc2F)C1.Cl. The molecule has 1 fully saturated rings. The monoisotopic (exact) mass is 276 g/mol. The summed E-state index contributed by atoms with van der Waals surface area (Å²) in [7, 11) is 1.93. The van der Waals surface area contributed by atoms with Crippen LogP contribution in [-0.4, -0.2) is 31.1 Å². The third-order valence-electron chi connectivity index (χ3n) is 3.36. The summed E-state index contributed by atoms with van der Waals surface area (Å²) in [6.07, 6.45) is 2.20. The number of halogens is 3. The van der Waals surface area contributed by atoms with Crippen LogP contribution in [0.3, 0.4) is 0 Å². The average molecular weight is 277 g/mol. The maximum Gasteiger partial charge on any atom is 0.130 e. The van der Waals surface area contributed by atoms with Gasteiger partial charge in [-0.2, -0.15) is 0 Å². The third kappa shape index (κ3) is 3.64. The van der Waals surface area contributed by atoms with Gasteiger partial charge >= 0.3 is 0 Å². The van der Waals surface area contributed by atoms with Gasteiger partial charge in [0.05, 0.1) is 0 Å². The van der Waals surface area contributed by atoms with Crippen LogP contribution in [0.4, 0.5) is 8.78 Å². The molecule has 0 aliphatic carbocycles. The van der Waals surface area contributed by atoms with Crippen LogP contribution in [0.15, 0.2) is 18.2 Å². The zero-order valence-corrected chi connectivity index (χ0v) is 11.3. The van der Waals surface area contributed by atoms with Crippen molar-refractivity contribution in [2.24, 2.45) is 0 Å². The first-order valence-electron chi connectivity index (χ1n) is 6.03. The van der Waals surface area contributed by atoms with E-state index in [-0.39, 0.29) is 18.0 Å². The van der Waals surface area contributed by atoms with Crippen molar-refractivity contribution in [1.82, 2.24) is 10.2 Å². The lowest BCUT2D eigenvalue weighted by Crippen LogP contribution is -2.44. The Balaban J connectivity index is 0.00000162. The van der Waals surface area contributed by atoms with Gasteiger partial charge in [-0.15, -0.1) is 12.4 Å². The van der Waals surface area contributed by atoms with Gasteiger partial charge in [-0.3, -0.25) is 4.90 Å². The number of rotatable bonds is 3. The van der Waals surface area contributed by atoms with Gasteiger partial charge in [-0.25, -0.2) is 8.78 Å². The standard InChI is InChI=1S/C13H18F2N2.ClH/c1-16-10-4-3-7-17(8-10)9-11-12(14)5-2-6-13(11)15;/h2,5-6,10,16H,3-4,7-9H2,1H3;1H. The van der Waals surface area contributed by atoms with Crippen molar-refractivity contribution in [1.29, 1.82) is 0 Å². The second-order valence-corrected chi connectivity index (χ2v) is 4.56. The number of likely N-dealkylation sites (N-methyl/N-ethyl adjacent to an activating group) is 1. The van der Waals surface area contributed by atoms with Crippen LogP contribution < -0.4 is 5.32 Å². The molecule has 0 aromatic heterocycles. The molecule has 1 unspecified atom stereocenters. The topological polar surface area (TPSA) is 15.3 Å². The van der Waals surface area contributed by atoms with Crippen LogP contribution in [0.25, 0.3) is 0 Å². The van der Waals surface area contributed by atoms with Gasteiger partial charge < -0.3 is 5.32 Å². The summed E-state index contributed by atoms with van der Waals surface area (Å²) in [5.41, 5.74) is 0.184. The lowest BCUT2D eigenvalue weighted by molar-refractivity contribution is 0.184. The zero-order chi connectivity index (χ0) is 12.3. The molecule has 0 saturated carbocycles. The molecule has 1 aromatic carbocycles. The van der Waals surface area contributed by atoms with E-state index in [1.165, 1.54) is 18.2 Å². The van der Waals surface area contributed by atoms with E-state index >= 15 is 0 Å². The molecule has 18 heavy (non-hydrogen) atoms. The second-order valence-electron chi connectivity index (χ2n) is 4.56. The quantitative estimate of drug-likeness (QED) is 0.913. The third-order valence-corrected chi connectivity index (χ3v) is 3.36. The minimum atomic E-state index is -0.448. The van der Waals surface area contributed by atoms with Crippen LogP contribution in [0.2, 0.25) is 0 Å². The highest BCUT2D eigenvalue weighted by Gasteiger charge is 2.20. The Morgan fingerprint density at radius 3 is 2.61 bits per heavy atom. The molecule has 1 aliphatic rings. The van der Waals surface area contributed by atoms with Gasteiger partial charge in [0, 0.05) is 24.7 Å². The van der Waals surface area contributed by atoms with E-state index in [1.807, 2.05) is 7.05 Å². The molecule has 0 radical (unpaired) electrons. The Labute approximate surface area is 113 Å². The second kappa shape index (κ2) is 7.02. The van der Waals surface area contributed by atoms with Gasteiger partial charge in [-0.1, -0.05) is 6.07 Å². The Kier molecular flexibility index (Phi) is 5.99. The van der Waals surface area contributed by atoms with Crippen LogP contribution in [0.5, 0.6) is 0 Å². The molecular formula is C13H19ClF2N2.